The maximum absolute atomic E-state index is 12.2. The summed E-state index contributed by atoms with van der Waals surface area (Å²) in [5.41, 5.74) is 0.550. The fourth-order valence-corrected chi connectivity index (χ4v) is 4.26. The second-order valence-electron chi connectivity index (χ2n) is 4.00. The molecule has 2 aromatic rings. The number of aromatic nitrogens is 1. The van der Waals surface area contributed by atoms with Crippen molar-refractivity contribution in [3.05, 3.63) is 44.8 Å². The average Bonchev–Trinajstić information content (AvgIpc) is 2.92. The van der Waals surface area contributed by atoms with Crippen LogP contribution < -0.4 is 4.72 Å². The minimum atomic E-state index is -3.61. The Balaban J connectivity index is 2.09. The number of nitrogens with one attached hydrogen (secondary N) is 1. The number of nitrogens with zero attached hydrogens (tertiary/aromatic N) is 1. The van der Waals surface area contributed by atoms with Gasteiger partial charge in [-0.05, 0) is 33.6 Å². The van der Waals surface area contributed by atoms with Crippen LogP contribution in [0.15, 0.2) is 39.1 Å². The third-order valence-corrected chi connectivity index (χ3v) is 5.88. The summed E-state index contributed by atoms with van der Waals surface area (Å²) in [6.07, 6.45) is 2.24. The summed E-state index contributed by atoms with van der Waals surface area (Å²) in [4.78, 5) is 4.22. The molecule has 0 aliphatic heterocycles. The quantitative estimate of drug-likeness (QED) is 0.806. The van der Waals surface area contributed by atoms with Crippen molar-refractivity contribution in [2.24, 2.45) is 0 Å². The lowest BCUT2D eigenvalue weighted by Gasteiger charge is -2.09. The molecule has 1 aromatic heterocycles. The zero-order valence-corrected chi connectivity index (χ0v) is 13.6. The van der Waals surface area contributed by atoms with Gasteiger partial charge in [0, 0.05) is 29.0 Å². The van der Waals surface area contributed by atoms with E-state index in [1.54, 1.807) is 18.3 Å². The molecule has 1 heterocycles. The maximum Gasteiger partial charge on any atom is 0.241 e. The number of aliphatic hydroxyl groups is 1. The lowest BCUT2D eigenvalue weighted by atomic mass is 10.2. The highest BCUT2D eigenvalue weighted by Crippen LogP contribution is 2.23. The van der Waals surface area contributed by atoms with Gasteiger partial charge in [-0.15, -0.1) is 11.3 Å². The van der Waals surface area contributed by atoms with E-state index in [2.05, 4.69) is 25.6 Å². The van der Waals surface area contributed by atoms with Gasteiger partial charge in [-0.1, -0.05) is 6.07 Å². The Morgan fingerprint density at radius 3 is 2.85 bits per heavy atom. The highest BCUT2D eigenvalue weighted by molar-refractivity contribution is 9.10. The third kappa shape index (κ3) is 3.86. The van der Waals surface area contributed by atoms with Gasteiger partial charge in [0.15, 0.2) is 0 Å². The predicted octanol–water partition coefficient (Wildman–Crippen LogP) is 1.92. The summed E-state index contributed by atoms with van der Waals surface area (Å²) in [5, 5.41) is 11.8. The van der Waals surface area contributed by atoms with E-state index in [4.69, 9.17) is 5.11 Å². The Labute approximate surface area is 129 Å². The minimum Gasteiger partial charge on any atom is -0.392 e. The van der Waals surface area contributed by atoms with Gasteiger partial charge < -0.3 is 5.11 Å². The van der Waals surface area contributed by atoms with E-state index in [0.717, 1.165) is 5.01 Å². The van der Waals surface area contributed by atoms with Crippen molar-refractivity contribution >= 4 is 37.3 Å². The number of hydrogen-bond acceptors (Lipinski definition) is 5. The molecule has 0 saturated carbocycles. The lowest BCUT2D eigenvalue weighted by Crippen LogP contribution is -2.26. The van der Waals surface area contributed by atoms with Gasteiger partial charge in [0.25, 0.3) is 0 Å². The van der Waals surface area contributed by atoms with Crippen LogP contribution in [0.4, 0.5) is 0 Å². The summed E-state index contributed by atoms with van der Waals surface area (Å²) in [6, 6.07) is 4.73. The lowest BCUT2D eigenvalue weighted by molar-refractivity contribution is 0.281. The van der Waals surface area contributed by atoms with Crippen LogP contribution in [0.3, 0.4) is 0 Å². The first-order valence-electron chi connectivity index (χ1n) is 5.80. The van der Waals surface area contributed by atoms with Crippen molar-refractivity contribution in [3.63, 3.8) is 0 Å². The highest BCUT2D eigenvalue weighted by atomic mass is 79.9. The van der Waals surface area contributed by atoms with E-state index in [0.29, 0.717) is 16.5 Å². The number of thiazole rings is 1. The summed E-state index contributed by atoms with van der Waals surface area (Å²) < 4.78 is 27.4. The third-order valence-electron chi connectivity index (χ3n) is 2.58. The Hall–Kier alpha value is -0.800. The summed E-state index contributed by atoms with van der Waals surface area (Å²) in [5.74, 6) is 0. The molecule has 0 fully saturated rings. The minimum absolute atomic E-state index is 0.128. The number of sulfonamides is 1. The van der Waals surface area contributed by atoms with Gasteiger partial charge >= 0.3 is 0 Å². The standard InChI is InChI=1S/C12H13BrN2O3S2/c13-10-2-1-9(8-16)7-11(10)20(17,18)15-4-3-12-14-5-6-19-12/h1-2,5-7,15-16H,3-4,8H2. The molecule has 5 nitrogen and oxygen atoms in total. The van der Waals surface area contributed by atoms with Gasteiger partial charge in [0.1, 0.15) is 0 Å². The van der Waals surface area contributed by atoms with Gasteiger partial charge in [-0.25, -0.2) is 18.1 Å². The zero-order chi connectivity index (χ0) is 14.6. The van der Waals surface area contributed by atoms with Crippen LogP contribution in [0.2, 0.25) is 0 Å². The summed E-state index contributed by atoms with van der Waals surface area (Å²) in [6.45, 7) is 0.0839. The fourth-order valence-electron chi connectivity index (χ4n) is 1.60. The molecule has 0 aliphatic carbocycles. The van der Waals surface area contributed by atoms with Crippen molar-refractivity contribution in [2.75, 3.05) is 6.54 Å². The fraction of sp³-hybridized carbons (Fsp3) is 0.250. The van der Waals surface area contributed by atoms with Crippen LogP contribution >= 0.6 is 27.3 Å². The van der Waals surface area contributed by atoms with Crippen LogP contribution in [-0.4, -0.2) is 25.1 Å². The van der Waals surface area contributed by atoms with Gasteiger partial charge in [-0.2, -0.15) is 0 Å². The molecule has 108 valence electrons. The molecule has 0 atom stereocenters. The Morgan fingerprint density at radius 1 is 1.40 bits per heavy atom. The van der Waals surface area contributed by atoms with Crippen LogP contribution in [0.5, 0.6) is 0 Å². The van der Waals surface area contributed by atoms with Gasteiger partial charge in [-0.3, -0.25) is 0 Å². The second kappa shape index (κ2) is 6.77. The van der Waals surface area contributed by atoms with Gasteiger partial charge in [0.2, 0.25) is 10.0 Å². The zero-order valence-electron chi connectivity index (χ0n) is 10.4. The normalized spacial score (nSPS) is 11.7. The topological polar surface area (TPSA) is 79.3 Å². The first-order valence-corrected chi connectivity index (χ1v) is 8.96. The molecule has 8 heteroatoms. The molecule has 0 unspecified atom stereocenters. The summed E-state index contributed by atoms with van der Waals surface area (Å²) >= 11 is 4.71. The van der Waals surface area contributed by atoms with Crippen molar-refractivity contribution in [3.8, 4) is 0 Å². The molecular formula is C12H13BrN2O3S2. The van der Waals surface area contributed by atoms with E-state index in [1.165, 1.54) is 17.4 Å². The maximum atomic E-state index is 12.2. The first kappa shape index (κ1) is 15.6. The number of hydrogen-bond donors (Lipinski definition) is 2. The molecular weight excluding hydrogens is 364 g/mol. The van der Waals surface area contributed by atoms with Crippen molar-refractivity contribution < 1.29 is 13.5 Å². The predicted molar refractivity (Wildman–Crippen MR) is 81.1 cm³/mol. The number of rotatable bonds is 6. The van der Waals surface area contributed by atoms with Crippen molar-refractivity contribution in [1.29, 1.82) is 0 Å². The Kier molecular flexibility index (Phi) is 5.28. The second-order valence-corrected chi connectivity index (χ2v) is 7.57. The first-order chi connectivity index (χ1) is 9.53. The van der Waals surface area contributed by atoms with Crippen LogP contribution in [0.25, 0.3) is 0 Å². The van der Waals surface area contributed by atoms with E-state index in [1.807, 2.05) is 5.38 Å². The number of halogens is 1. The van der Waals surface area contributed by atoms with E-state index < -0.39 is 10.0 Å². The van der Waals surface area contributed by atoms with Crippen molar-refractivity contribution in [1.82, 2.24) is 9.71 Å². The van der Waals surface area contributed by atoms with Crippen LogP contribution in [0, 0.1) is 0 Å². The van der Waals surface area contributed by atoms with Crippen molar-refractivity contribution in [2.45, 2.75) is 17.9 Å². The highest BCUT2D eigenvalue weighted by Gasteiger charge is 2.17. The number of benzene rings is 1. The molecule has 0 aliphatic rings. The molecule has 0 saturated heterocycles. The molecule has 0 bridgehead atoms. The molecule has 0 spiro atoms. The Morgan fingerprint density at radius 2 is 2.20 bits per heavy atom. The largest absolute Gasteiger partial charge is 0.392 e. The molecule has 1 aromatic carbocycles. The molecule has 0 radical (unpaired) electrons. The molecule has 2 N–H and O–H groups in total. The van der Waals surface area contributed by atoms with E-state index >= 15 is 0 Å². The van der Waals surface area contributed by atoms with Crippen LogP contribution in [0.1, 0.15) is 10.6 Å². The van der Waals surface area contributed by atoms with Gasteiger partial charge in [0.05, 0.1) is 16.5 Å². The van der Waals surface area contributed by atoms with E-state index in [9.17, 15) is 8.42 Å². The smallest absolute Gasteiger partial charge is 0.241 e. The average molecular weight is 377 g/mol. The molecule has 0 amide bonds. The van der Waals surface area contributed by atoms with Crippen LogP contribution in [-0.2, 0) is 23.1 Å². The SMILES string of the molecule is O=S(=O)(NCCc1nccs1)c1cc(CO)ccc1Br. The summed E-state index contributed by atoms with van der Waals surface area (Å²) in [7, 11) is -3.61. The van der Waals surface area contributed by atoms with E-state index in [-0.39, 0.29) is 18.0 Å². The molecule has 2 rings (SSSR count). The Bertz CT molecular complexity index is 672. The number of aliphatic hydroxyl groups excluding tert-OH is 1. The monoisotopic (exact) mass is 376 g/mol. The molecule has 20 heavy (non-hydrogen) atoms.